The molecule has 0 bridgehead atoms. The molecule has 1 fully saturated rings. The number of terminal acetylenes is 1. The van der Waals surface area contributed by atoms with Crippen molar-refractivity contribution in [3.05, 3.63) is 63.5 Å². The molecule has 0 spiro atoms. The van der Waals surface area contributed by atoms with Gasteiger partial charge in [-0.15, -0.1) is 17.8 Å². The van der Waals surface area contributed by atoms with E-state index in [1.165, 1.54) is 18.4 Å². The SMILES string of the molecule is C#CCN(c1nc(-c2cc(C)c(OC)cc2Cl)c(C)s1)C(c1ccccc1)C1CC1. The van der Waals surface area contributed by atoms with E-state index in [0.29, 0.717) is 17.5 Å². The van der Waals surface area contributed by atoms with Crippen molar-refractivity contribution in [2.75, 3.05) is 18.6 Å². The molecule has 3 nitrogen and oxygen atoms in total. The lowest BCUT2D eigenvalue weighted by molar-refractivity contribution is 0.412. The average Bonchev–Trinajstić information content (AvgIpc) is 3.51. The predicted molar refractivity (Wildman–Crippen MR) is 127 cm³/mol. The molecule has 1 heterocycles. The molecule has 0 radical (unpaired) electrons. The molecular weight excluding hydrogens is 412 g/mol. The minimum absolute atomic E-state index is 0.244. The van der Waals surface area contributed by atoms with Gasteiger partial charge in [0.15, 0.2) is 5.13 Å². The van der Waals surface area contributed by atoms with Gasteiger partial charge in [0, 0.05) is 10.4 Å². The van der Waals surface area contributed by atoms with Gasteiger partial charge in [-0.1, -0.05) is 47.9 Å². The third-order valence-electron chi connectivity index (χ3n) is 5.58. The van der Waals surface area contributed by atoms with Gasteiger partial charge in [0.25, 0.3) is 0 Å². The Morgan fingerprint density at radius 1 is 1.27 bits per heavy atom. The Morgan fingerprint density at radius 3 is 2.63 bits per heavy atom. The normalized spacial score (nSPS) is 14.2. The van der Waals surface area contributed by atoms with E-state index in [1.807, 2.05) is 19.1 Å². The summed E-state index contributed by atoms with van der Waals surface area (Å²) >= 11 is 8.27. The van der Waals surface area contributed by atoms with Gasteiger partial charge < -0.3 is 9.64 Å². The topological polar surface area (TPSA) is 25.4 Å². The number of aromatic nitrogens is 1. The molecule has 1 unspecified atom stereocenters. The fourth-order valence-electron chi connectivity index (χ4n) is 3.97. The molecule has 5 heteroatoms. The molecule has 154 valence electrons. The second kappa shape index (κ2) is 8.71. The Kier molecular flexibility index (Phi) is 6.04. The first-order valence-corrected chi connectivity index (χ1v) is 11.3. The molecule has 30 heavy (non-hydrogen) atoms. The Labute approximate surface area is 187 Å². The van der Waals surface area contributed by atoms with E-state index in [4.69, 9.17) is 27.7 Å². The maximum Gasteiger partial charge on any atom is 0.187 e. The number of anilines is 1. The zero-order valence-corrected chi connectivity index (χ0v) is 19.1. The van der Waals surface area contributed by atoms with Crippen LogP contribution in [-0.4, -0.2) is 18.6 Å². The van der Waals surface area contributed by atoms with Gasteiger partial charge in [-0.05, 0) is 55.9 Å². The first-order chi connectivity index (χ1) is 14.5. The first-order valence-electron chi connectivity index (χ1n) is 10.1. The second-order valence-corrected chi connectivity index (χ2v) is 9.32. The molecule has 4 rings (SSSR count). The Bertz CT molecular complexity index is 1080. The number of halogens is 1. The van der Waals surface area contributed by atoms with E-state index in [0.717, 1.165) is 32.6 Å². The minimum atomic E-state index is 0.244. The van der Waals surface area contributed by atoms with E-state index in [2.05, 4.69) is 48.1 Å². The van der Waals surface area contributed by atoms with Crippen LogP contribution in [0.3, 0.4) is 0 Å². The van der Waals surface area contributed by atoms with Gasteiger partial charge in [-0.3, -0.25) is 0 Å². The summed E-state index contributed by atoms with van der Waals surface area (Å²) in [5.41, 5.74) is 4.17. The summed E-state index contributed by atoms with van der Waals surface area (Å²) in [4.78, 5) is 8.45. The van der Waals surface area contributed by atoms with Crippen LogP contribution in [0.5, 0.6) is 5.75 Å². The van der Waals surface area contributed by atoms with Crippen LogP contribution >= 0.6 is 22.9 Å². The number of benzene rings is 2. The smallest absolute Gasteiger partial charge is 0.187 e. The van der Waals surface area contributed by atoms with E-state index < -0.39 is 0 Å². The maximum atomic E-state index is 6.59. The van der Waals surface area contributed by atoms with E-state index in [9.17, 15) is 0 Å². The molecule has 1 aliphatic rings. The monoisotopic (exact) mass is 436 g/mol. The molecule has 0 N–H and O–H groups in total. The number of aryl methyl sites for hydroxylation is 2. The van der Waals surface area contributed by atoms with Crippen LogP contribution in [0.25, 0.3) is 11.3 Å². The van der Waals surface area contributed by atoms with Crippen LogP contribution in [0.2, 0.25) is 5.02 Å². The molecule has 0 saturated heterocycles. The molecule has 1 aromatic heterocycles. The van der Waals surface area contributed by atoms with Crippen molar-refractivity contribution in [2.45, 2.75) is 32.7 Å². The number of thiazole rings is 1. The van der Waals surface area contributed by atoms with E-state index >= 15 is 0 Å². The van der Waals surface area contributed by atoms with Gasteiger partial charge in [0.05, 0.1) is 30.4 Å². The lowest BCUT2D eigenvalue weighted by Gasteiger charge is -2.30. The highest BCUT2D eigenvalue weighted by molar-refractivity contribution is 7.16. The van der Waals surface area contributed by atoms with Crippen molar-refractivity contribution in [1.29, 1.82) is 0 Å². The number of ether oxygens (including phenoxy) is 1. The first kappa shape index (κ1) is 20.8. The van der Waals surface area contributed by atoms with Crippen LogP contribution in [0.15, 0.2) is 42.5 Å². The van der Waals surface area contributed by atoms with Crippen LogP contribution in [0, 0.1) is 32.1 Å². The number of rotatable bonds is 7. The van der Waals surface area contributed by atoms with Crippen LogP contribution in [0.4, 0.5) is 5.13 Å². The predicted octanol–water partition coefficient (Wildman–Crippen LogP) is 6.68. The quantitative estimate of drug-likeness (QED) is 0.386. The van der Waals surface area contributed by atoms with Crippen molar-refractivity contribution in [3.63, 3.8) is 0 Å². The molecule has 1 aliphatic carbocycles. The van der Waals surface area contributed by atoms with Crippen molar-refractivity contribution in [1.82, 2.24) is 4.98 Å². The molecule has 0 amide bonds. The summed E-state index contributed by atoms with van der Waals surface area (Å²) in [6.07, 6.45) is 8.23. The molecule has 1 atom stereocenters. The molecule has 0 aliphatic heterocycles. The molecule has 1 saturated carbocycles. The van der Waals surface area contributed by atoms with Crippen LogP contribution in [0.1, 0.15) is 34.9 Å². The van der Waals surface area contributed by atoms with Gasteiger partial charge >= 0.3 is 0 Å². The molecule has 3 aromatic rings. The van der Waals surface area contributed by atoms with Crippen molar-refractivity contribution >= 4 is 28.1 Å². The average molecular weight is 437 g/mol. The number of hydrogen-bond donors (Lipinski definition) is 0. The lowest BCUT2D eigenvalue weighted by atomic mass is 10.0. The van der Waals surface area contributed by atoms with Crippen molar-refractivity contribution < 1.29 is 4.74 Å². The zero-order chi connectivity index (χ0) is 21.3. The Morgan fingerprint density at radius 2 is 2.00 bits per heavy atom. The minimum Gasteiger partial charge on any atom is -0.496 e. The summed E-state index contributed by atoms with van der Waals surface area (Å²) < 4.78 is 5.40. The largest absolute Gasteiger partial charge is 0.496 e. The fraction of sp³-hybridized carbons (Fsp3) is 0.320. The Hall–Kier alpha value is -2.48. The van der Waals surface area contributed by atoms with Gasteiger partial charge in [-0.25, -0.2) is 4.98 Å². The maximum absolute atomic E-state index is 6.59. The standard InChI is InChI=1S/C25H25ClN2OS/c1-5-13-28(24(19-11-12-19)18-9-7-6-8-10-18)25-27-23(17(3)30-25)20-14-16(2)22(29-4)15-21(20)26/h1,6-10,14-15,19,24H,11-13H2,2-4H3. The van der Waals surface area contributed by atoms with Gasteiger partial charge in [0.1, 0.15) is 5.75 Å². The third-order valence-corrected chi connectivity index (χ3v) is 6.90. The van der Waals surface area contributed by atoms with Crippen LogP contribution in [-0.2, 0) is 0 Å². The summed E-state index contributed by atoms with van der Waals surface area (Å²) in [7, 11) is 1.66. The number of nitrogens with zero attached hydrogens (tertiary/aromatic N) is 2. The number of hydrogen-bond acceptors (Lipinski definition) is 4. The van der Waals surface area contributed by atoms with E-state index in [-0.39, 0.29) is 6.04 Å². The number of methoxy groups -OCH3 is 1. The lowest BCUT2D eigenvalue weighted by Crippen LogP contribution is -2.30. The Balaban J connectivity index is 1.76. The second-order valence-electron chi connectivity index (χ2n) is 7.73. The van der Waals surface area contributed by atoms with Crippen molar-refractivity contribution in [2.24, 2.45) is 5.92 Å². The van der Waals surface area contributed by atoms with Gasteiger partial charge in [0.2, 0.25) is 0 Å². The summed E-state index contributed by atoms with van der Waals surface area (Å²) in [6, 6.07) is 14.8. The summed E-state index contributed by atoms with van der Waals surface area (Å²) in [5.74, 6) is 4.25. The summed E-state index contributed by atoms with van der Waals surface area (Å²) in [6.45, 7) is 4.64. The highest BCUT2D eigenvalue weighted by Crippen LogP contribution is 2.48. The van der Waals surface area contributed by atoms with Crippen molar-refractivity contribution in [3.8, 4) is 29.4 Å². The van der Waals surface area contributed by atoms with Gasteiger partial charge in [-0.2, -0.15) is 0 Å². The molecular formula is C25H25ClN2OS. The van der Waals surface area contributed by atoms with E-state index in [1.54, 1.807) is 18.4 Å². The highest BCUT2D eigenvalue weighted by atomic mass is 35.5. The van der Waals surface area contributed by atoms with Crippen LogP contribution < -0.4 is 9.64 Å². The highest BCUT2D eigenvalue weighted by Gasteiger charge is 2.37. The third kappa shape index (κ3) is 4.05. The zero-order valence-electron chi connectivity index (χ0n) is 17.5. The summed E-state index contributed by atoms with van der Waals surface area (Å²) in [5, 5.41) is 1.59. The fourth-order valence-corrected chi connectivity index (χ4v) is 5.17. The molecule has 2 aromatic carbocycles.